The van der Waals surface area contributed by atoms with E-state index in [0.717, 1.165) is 11.1 Å². The maximum Gasteiger partial charge on any atom is 0.144 e. The van der Waals surface area contributed by atoms with Gasteiger partial charge in [-0.25, -0.2) is 8.78 Å². The molecule has 2 aromatic rings. The third kappa shape index (κ3) is 3.36. The summed E-state index contributed by atoms with van der Waals surface area (Å²) in [5.74, 6) is -1.11. The highest BCUT2D eigenvalue weighted by Gasteiger charge is 2.11. The summed E-state index contributed by atoms with van der Waals surface area (Å²) in [4.78, 5) is 4.02. The van der Waals surface area contributed by atoms with E-state index in [1.807, 2.05) is 13.0 Å². The molecule has 19 heavy (non-hydrogen) atoms. The Bertz CT molecular complexity index is 588. The van der Waals surface area contributed by atoms with Crippen molar-refractivity contribution < 1.29 is 8.78 Å². The lowest BCUT2D eigenvalue weighted by Gasteiger charge is -2.09. The number of nitrogens with one attached hydrogen (secondary N) is 1. The van der Waals surface area contributed by atoms with Crippen molar-refractivity contribution in [3.05, 3.63) is 63.4 Å². The topological polar surface area (TPSA) is 24.9 Å². The maximum absolute atomic E-state index is 13.7. The predicted molar refractivity (Wildman–Crippen MR) is 73.6 cm³/mol. The largest absolute Gasteiger partial charge is 0.308 e. The molecule has 0 bridgehead atoms. The Labute approximate surface area is 119 Å². The van der Waals surface area contributed by atoms with E-state index in [9.17, 15) is 8.78 Å². The van der Waals surface area contributed by atoms with Crippen molar-refractivity contribution in [3.63, 3.8) is 0 Å². The number of hydrogen-bond donors (Lipinski definition) is 1. The van der Waals surface area contributed by atoms with E-state index in [2.05, 4.69) is 26.2 Å². The molecule has 0 spiro atoms. The molecule has 1 aromatic heterocycles. The fourth-order valence-electron chi connectivity index (χ4n) is 1.74. The van der Waals surface area contributed by atoms with E-state index in [1.165, 1.54) is 12.1 Å². The minimum atomic E-state index is -0.560. The number of rotatable bonds is 4. The van der Waals surface area contributed by atoms with Crippen LogP contribution >= 0.6 is 15.9 Å². The molecule has 0 atom stereocenters. The first-order chi connectivity index (χ1) is 9.09. The molecule has 2 nitrogen and oxygen atoms in total. The molecule has 0 fully saturated rings. The first-order valence-corrected chi connectivity index (χ1v) is 6.61. The average Bonchev–Trinajstić information content (AvgIpc) is 2.40. The second-order valence-corrected chi connectivity index (χ2v) is 5.08. The molecule has 0 aliphatic heterocycles. The van der Waals surface area contributed by atoms with Gasteiger partial charge in [0, 0.05) is 31.0 Å². The lowest BCUT2D eigenvalue weighted by molar-refractivity contribution is 0.531. The van der Waals surface area contributed by atoms with E-state index in [4.69, 9.17) is 0 Å². The summed E-state index contributed by atoms with van der Waals surface area (Å²) in [5.41, 5.74) is 2.15. The van der Waals surface area contributed by atoms with Gasteiger partial charge in [0.1, 0.15) is 11.6 Å². The van der Waals surface area contributed by atoms with Crippen LogP contribution in [0, 0.1) is 18.6 Å². The van der Waals surface area contributed by atoms with Gasteiger partial charge in [-0.15, -0.1) is 0 Å². The second-order valence-electron chi connectivity index (χ2n) is 4.23. The molecule has 1 aromatic carbocycles. The van der Waals surface area contributed by atoms with Gasteiger partial charge in [-0.3, -0.25) is 4.98 Å². The van der Waals surface area contributed by atoms with Gasteiger partial charge >= 0.3 is 0 Å². The highest BCUT2D eigenvalue weighted by molar-refractivity contribution is 9.10. The SMILES string of the molecule is Cc1ccncc1CNCc1c(F)ccc(Br)c1F. The van der Waals surface area contributed by atoms with Crippen LogP contribution in [-0.4, -0.2) is 4.98 Å². The van der Waals surface area contributed by atoms with Gasteiger partial charge in [-0.1, -0.05) is 0 Å². The van der Waals surface area contributed by atoms with Crippen LogP contribution in [0.3, 0.4) is 0 Å². The molecule has 100 valence electrons. The molecular weight excluding hydrogens is 314 g/mol. The molecule has 1 N–H and O–H groups in total. The Balaban J connectivity index is 2.04. The lowest BCUT2D eigenvalue weighted by Crippen LogP contribution is -2.16. The molecule has 0 aliphatic carbocycles. The van der Waals surface area contributed by atoms with E-state index >= 15 is 0 Å². The number of hydrogen-bond acceptors (Lipinski definition) is 2. The minimum Gasteiger partial charge on any atom is -0.308 e. The Hall–Kier alpha value is -1.33. The van der Waals surface area contributed by atoms with Gasteiger partial charge in [-0.05, 0) is 52.2 Å². The van der Waals surface area contributed by atoms with Gasteiger partial charge in [0.15, 0.2) is 0 Å². The fourth-order valence-corrected chi connectivity index (χ4v) is 2.11. The smallest absolute Gasteiger partial charge is 0.144 e. The molecule has 0 saturated carbocycles. The third-order valence-corrected chi connectivity index (χ3v) is 3.52. The second kappa shape index (κ2) is 6.21. The first kappa shape index (κ1) is 14.1. The van der Waals surface area contributed by atoms with Crippen molar-refractivity contribution >= 4 is 15.9 Å². The predicted octanol–water partition coefficient (Wildman–Crippen LogP) is 3.72. The number of benzene rings is 1. The molecule has 0 radical (unpaired) electrons. The molecule has 5 heteroatoms. The van der Waals surface area contributed by atoms with Crippen LogP contribution in [0.4, 0.5) is 8.78 Å². The average molecular weight is 327 g/mol. The summed E-state index contributed by atoms with van der Waals surface area (Å²) in [6.45, 7) is 2.62. The van der Waals surface area contributed by atoms with Crippen LogP contribution < -0.4 is 5.32 Å². The van der Waals surface area contributed by atoms with Crippen LogP contribution in [-0.2, 0) is 13.1 Å². The van der Waals surface area contributed by atoms with Crippen molar-refractivity contribution in [1.29, 1.82) is 0 Å². The van der Waals surface area contributed by atoms with Crippen molar-refractivity contribution in [2.45, 2.75) is 20.0 Å². The summed E-state index contributed by atoms with van der Waals surface area (Å²) in [6, 6.07) is 4.51. The van der Waals surface area contributed by atoms with Gasteiger partial charge in [-0.2, -0.15) is 0 Å². The molecule has 0 amide bonds. The van der Waals surface area contributed by atoms with Gasteiger partial charge < -0.3 is 5.32 Å². The number of nitrogens with zero attached hydrogens (tertiary/aromatic N) is 1. The van der Waals surface area contributed by atoms with Crippen LogP contribution in [0.1, 0.15) is 16.7 Å². The van der Waals surface area contributed by atoms with Crippen molar-refractivity contribution in [3.8, 4) is 0 Å². The van der Waals surface area contributed by atoms with Crippen molar-refractivity contribution in [2.75, 3.05) is 0 Å². The van der Waals surface area contributed by atoms with Crippen LogP contribution in [0.2, 0.25) is 0 Å². The Morgan fingerprint density at radius 3 is 2.74 bits per heavy atom. The van der Waals surface area contributed by atoms with E-state index in [0.29, 0.717) is 6.54 Å². The van der Waals surface area contributed by atoms with Crippen molar-refractivity contribution in [2.24, 2.45) is 0 Å². The molecule has 0 saturated heterocycles. The van der Waals surface area contributed by atoms with Gasteiger partial charge in [0.2, 0.25) is 0 Å². The number of halogens is 3. The van der Waals surface area contributed by atoms with Crippen molar-refractivity contribution in [1.82, 2.24) is 10.3 Å². The van der Waals surface area contributed by atoms with Crippen LogP contribution in [0.5, 0.6) is 0 Å². The van der Waals surface area contributed by atoms with Gasteiger partial charge in [0.25, 0.3) is 0 Å². The molecule has 2 rings (SSSR count). The van der Waals surface area contributed by atoms with Gasteiger partial charge in [0.05, 0.1) is 4.47 Å². The Morgan fingerprint density at radius 2 is 2.00 bits per heavy atom. The highest BCUT2D eigenvalue weighted by Crippen LogP contribution is 2.21. The zero-order chi connectivity index (χ0) is 13.8. The molecule has 0 aliphatic rings. The number of aromatic nitrogens is 1. The quantitative estimate of drug-likeness (QED) is 0.866. The summed E-state index contributed by atoms with van der Waals surface area (Å²) in [7, 11) is 0. The molecule has 1 heterocycles. The Morgan fingerprint density at radius 1 is 1.21 bits per heavy atom. The normalized spacial score (nSPS) is 10.7. The number of aryl methyl sites for hydroxylation is 1. The highest BCUT2D eigenvalue weighted by atomic mass is 79.9. The summed E-state index contributed by atoms with van der Waals surface area (Å²) < 4.78 is 27.5. The first-order valence-electron chi connectivity index (χ1n) is 5.82. The summed E-state index contributed by atoms with van der Waals surface area (Å²) >= 11 is 3.05. The van der Waals surface area contributed by atoms with Crippen LogP contribution in [0.25, 0.3) is 0 Å². The molecule has 0 unspecified atom stereocenters. The lowest BCUT2D eigenvalue weighted by atomic mass is 10.1. The third-order valence-electron chi connectivity index (χ3n) is 2.90. The standard InChI is InChI=1S/C14H13BrF2N2/c1-9-4-5-18-6-10(9)7-19-8-11-13(16)3-2-12(15)14(11)17/h2-6,19H,7-8H2,1H3. The van der Waals surface area contributed by atoms with E-state index < -0.39 is 11.6 Å². The summed E-state index contributed by atoms with van der Waals surface area (Å²) in [6.07, 6.45) is 3.46. The zero-order valence-electron chi connectivity index (χ0n) is 10.4. The summed E-state index contributed by atoms with van der Waals surface area (Å²) in [5, 5.41) is 3.03. The van der Waals surface area contributed by atoms with E-state index in [-0.39, 0.29) is 16.6 Å². The monoisotopic (exact) mass is 326 g/mol. The fraction of sp³-hybridized carbons (Fsp3) is 0.214. The van der Waals surface area contributed by atoms with E-state index in [1.54, 1.807) is 12.4 Å². The van der Waals surface area contributed by atoms with Crippen LogP contribution in [0.15, 0.2) is 35.1 Å². The number of pyridine rings is 1. The molecular formula is C14H13BrF2N2. The zero-order valence-corrected chi connectivity index (χ0v) is 12.0. The Kier molecular flexibility index (Phi) is 4.61. The minimum absolute atomic E-state index is 0.0379. The maximum atomic E-state index is 13.7.